The number of rotatable bonds is 5. The molecule has 0 fully saturated rings. The summed E-state index contributed by atoms with van der Waals surface area (Å²) < 4.78 is 41.3. The summed E-state index contributed by atoms with van der Waals surface area (Å²) in [6.07, 6.45) is -4.94. The first-order chi connectivity index (χ1) is 8.30. The Balaban J connectivity index is 2.58. The van der Waals surface area contributed by atoms with Crippen LogP contribution in [-0.4, -0.2) is 31.8 Å². The van der Waals surface area contributed by atoms with Crippen molar-refractivity contribution >= 4 is 5.69 Å². The van der Waals surface area contributed by atoms with E-state index in [1.165, 1.54) is 7.11 Å². The van der Waals surface area contributed by atoms with Gasteiger partial charge in [0.2, 0.25) is 0 Å². The Morgan fingerprint density at radius 3 is 2.50 bits per heavy atom. The molecule has 1 aromatic carbocycles. The minimum absolute atomic E-state index is 0.0411. The summed E-state index contributed by atoms with van der Waals surface area (Å²) in [5.74, 6) is 0.606. The summed E-state index contributed by atoms with van der Waals surface area (Å²) in [5, 5.41) is 0. The first-order valence-corrected chi connectivity index (χ1v) is 5.49. The van der Waals surface area contributed by atoms with Crippen LogP contribution in [0, 0.1) is 0 Å². The Hall–Kier alpha value is -1.43. The molecule has 102 valence electrons. The molecule has 6 heteroatoms. The average Bonchev–Trinajstić information content (AvgIpc) is 2.24. The van der Waals surface area contributed by atoms with Crippen molar-refractivity contribution in [1.82, 2.24) is 4.90 Å². The molecular weight excluding hydrogens is 245 g/mol. The first-order valence-electron chi connectivity index (χ1n) is 5.49. The van der Waals surface area contributed by atoms with E-state index in [4.69, 9.17) is 10.5 Å². The van der Waals surface area contributed by atoms with E-state index >= 15 is 0 Å². The van der Waals surface area contributed by atoms with Crippen LogP contribution < -0.4 is 10.5 Å². The molecule has 0 unspecified atom stereocenters. The van der Waals surface area contributed by atoms with Gasteiger partial charge in [0.15, 0.2) is 0 Å². The van der Waals surface area contributed by atoms with Gasteiger partial charge in [0.25, 0.3) is 0 Å². The van der Waals surface area contributed by atoms with Crippen LogP contribution >= 0.6 is 0 Å². The maximum Gasteiger partial charge on any atom is 0.390 e. The predicted octanol–water partition coefficient (Wildman–Crippen LogP) is 2.66. The van der Waals surface area contributed by atoms with Gasteiger partial charge in [0.1, 0.15) is 5.75 Å². The van der Waals surface area contributed by atoms with E-state index in [2.05, 4.69) is 0 Å². The Labute approximate surface area is 104 Å². The lowest BCUT2D eigenvalue weighted by Crippen LogP contribution is -2.24. The highest BCUT2D eigenvalue weighted by Gasteiger charge is 2.27. The summed E-state index contributed by atoms with van der Waals surface area (Å²) in [4.78, 5) is 1.60. The largest absolute Gasteiger partial charge is 0.497 e. The molecule has 0 heterocycles. The molecule has 0 aromatic heterocycles. The molecule has 0 spiro atoms. The highest BCUT2D eigenvalue weighted by molar-refractivity contribution is 5.47. The van der Waals surface area contributed by atoms with E-state index in [9.17, 15) is 13.2 Å². The van der Waals surface area contributed by atoms with Crippen molar-refractivity contribution in [3.63, 3.8) is 0 Å². The topological polar surface area (TPSA) is 38.5 Å². The second kappa shape index (κ2) is 5.95. The van der Waals surface area contributed by atoms with E-state index < -0.39 is 12.6 Å². The number of hydrogen-bond donors (Lipinski definition) is 1. The van der Waals surface area contributed by atoms with E-state index in [0.29, 0.717) is 18.0 Å². The molecule has 1 aromatic rings. The number of hydrogen-bond acceptors (Lipinski definition) is 3. The third-order valence-corrected chi connectivity index (χ3v) is 2.45. The molecule has 0 atom stereocenters. The molecule has 3 nitrogen and oxygen atoms in total. The zero-order valence-corrected chi connectivity index (χ0v) is 10.4. The van der Waals surface area contributed by atoms with Gasteiger partial charge in [-0.3, -0.25) is 0 Å². The van der Waals surface area contributed by atoms with Crippen molar-refractivity contribution in [1.29, 1.82) is 0 Å². The van der Waals surface area contributed by atoms with Crippen molar-refractivity contribution in [2.24, 2.45) is 0 Å². The van der Waals surface area contributed by atoms with E-state index in [-0.39, 0.29) is 6.54 Å². The Bertz CT molecular complexity index is 393. The Morgan fingerprint density at radius 1 is 1.28 bits per heavy atom. The normalized spacial score (nSPS) is 11.9. The van der Waals surface area contributed by atoms with Gasteiger partial charge in [-0.25, -0.2) is 0 Å². The second-order valence-electron chi connectivity index (χ2n) is 4.22. The number of halogens is 3. The maximum absolute atomic E-state index is 12.1. The van der Waals surface area contributed by atoms with Crippen LogP contribution in [0.1, 0.15) is 12.0 Å². The lowest BCUT2D eigenvalue weighted by Gasteiger charge is -2.18. The summed E-state index contributed by atoms with van der Waals surface area (Å²) >= 11 is 0. The maximum atomic E-state index is 12.1. The number of nitrogen functional groups attached to an aromatic ring is 1. The monoisotopic (exact) mass is 262 g/mol. The third kappa shape index (κ3) is 5.27. The van der Waals surface area contributed by atoms with Gasteiger partial charge in [0, 0.05) is 24.8 Å². The molecule has 0 aliphatic carbocycles. The minimum atomic E-state index is -4.12. The van der Waals surface area contributed by atoms with Gasteiger partial charge in [-0.2, -0.15) is 13.2 Å². The molecule has 18 heavy (non-hydrogen) atoms. The zero-order chi connectivity index (χ0) is 13.8. The molecule has 0 aliphatic rings. The number of nitrogens with two attached hydrogens (primary N) is 1. The summed E-state index contributed by atoms with van der Waals surface area (Å²) in [6, 6.07) is 5.16. The van der Waals surface area contributed by atoms with E-state index in [1.54, 1.807) is 30.1 Å². The second-order valence-corrected chi connectivity index (χ2v) is 4.22. The number of anilines is 1. The van der Waals surface area contributed by atoms with E-state index in [1.807, 2.05) is 0 Å². The highest BCUT2D eigenvalue weighted by atomic mass is 19.4. The van der Waals surface area contributed by atoms with Crippen molar-refractivity contribution in [2.75, 3.05) is 26.4 Å². The molecule has 0 aliphatic heterocycles. The lowest BCUT2D eigenvalue weighted by molar-refractivity contribution is -0.137. The van der Waals surface area contributed by atoms with Crippen LogP contribution in [0.2, 0.25) is 0 Å². The van der Waals surface area contributed by atoms with Crippen molar-refractivity contribution in [3.05, 3.63) is 23.8 Å². The molecule has 1 rings (SSSR count). The molecule has 0 saturated carbocycles. The number of nitrogens with zero attached hydrogens (tertiary/aromatic N) is 1. The standard InChI is InChI=1S/C12H17F3N2O/c1-17(4-3-12(13,14)15)8-9-5-10(16)7-11(6-9)18-2/h5-7H,3-4,8,16H2,1-2H3. The number of benzene rings is 1. The minimum Gasteiger partial charge on any atom is -0.497 e. The van der Waals surface area contributed by atoms with Crippen LogP contribution in [0.25, 0.3) is 0 Å². The fraction of sp³-hybridized carbons (Fsp3) is 0.500. The SMILES string of the molecule is COc1cc(N)cc(CN(C)CCC(F)(F)F)c1. The van der Waals surface area contributed by atoms with Crippen molar-refractivity contribution in [2.45, 2.75) is 19.1 Å². The predicted molar refractivity (Wildman–Crippen MR) is 64.4 cm³/mol. The van der Waals surface area contributed by atoms with Crippen LogP contribution in [0.4, 0.5) is 18.9 Å². The first kappa shape index (κ1) is 14.6. The lowest BCUT2D eigenvalue weighted by atomic mass is 10.1. The van der Waals surface area contributed by atoms with Crippen LogP contribution in [0.15, 0.2) is 18.2 Å². The summed E-state index contributed by atoms with van der Waals surface area (Å²) in [6.45, 7) is 0.359. The average molecular weight is 262 g/mol. The van der Waals surface area contributed by atoms with E-state index in [0.717, 1.165) is 5.56 Å². The van der Waals surface area contributed by atoms with Gasteiger partial charge < -0.3 is 15.4 Å². The molecule has 2 N–H and O–H groups in total. The Morgan fingerprint density at radius 2 is 1.94 bits per heavy atom. The van der Waals surface area contributed by atoms with Gasteiger partial charge >= 0.3 is 6.18 Å². The van der Waals surface area contributed by atoms with Crippen molar-refractivity contribution < 1.29 is 17.9 Å². The van der Waals surface area contributed by atoms with Crippen LogP contribution in [0.5, 0.6) is 5.75 Å². The fourth-order valence-electron chi connectivity index (χ4n) is 1.60. The number of methoxy groups -OCH3 is 1. The van der Waals surface area contributed by atoms with Crippen molar-refractivity contribution in [3.8, 4) is 5.75 Å². The zero-order valence-electron chi connectivity index (χ0n) is 10.4. The molecular formula is C12H17F3N2O. The summed E-state index contributed by atoms with van der Waals surface area (Å²) in [5.41, 5.74) is 7.04. The molecule has 0 bridgehead atoms. The highest BCUT2D eigenvalue weighted by Crippen LogP contribution is 2.22. The number of alkyl halides is 3. The fourth-order valence-corrected chi connectivity index (χ4v) is 1.60. The summed E-state index contributed by atoms with van der Waals surface area (Å²) in [7, 11) is 3.16. The van der Waals surface area contributed by atoms with Crippen LogP contribution in [0.3, 0.4) is 0 Å². The van der Waals surface area contributed by atoms with Gasteiger partial charge in [0.05, 0.1) is 13.5 Å². The third-order valence-electron chi connectivity index (χ3n) is 2.45. The Kier molecular flexibility index (Phi) is 4.84. The molecule has 0 saturated heterocycles. The van der Waals surface area contributed by atoms with Gasteiger partial charge in [-0.15, -0.1) is 0 Å². The van der Waals surface area contributed by atoms with Gasteiger partial charge in [-0.1, -0.05) is 0 Å². The quantitative estimate of drug-likeness (QED) is 0.829. The molecule has 0 radical (unpaired) electrons. The molecule has 0 amide bonds. The van der Waals surface area contributed by atoms with Crippen LogP contribution in [-0.2, 0) is 6.54 Å². The smallest absolute Gasteiger partial charge is 0.390 e. The van der Waals surface area contributed by atoms with Gasteiger partial charge in [-0.05, 0) is 24.7 Å². The number of ether oxygens (including phenoxy) is 1.